The average molecular weight is 462 g/mol. The van der Waals surface area contributed by atoms with Crippen LogP contribution in [0.2, 0.25) is 5.02 Å². The van der Waals surface area contributed by atoms with Gasteiger partial charge in [0.05, 0.1) is 0 Å². The number of nitrogens with zero attached hydrogens (tertiary/aromatic N) is 6. The number of likely N-dealkylation sites (N-methyl/N-ethyl adjacent to an activating group) is 2. The Morgan fingerprint density at radius 3 is 2.52 bits per heavy atom. The van der Waals surface area contributed by atoms with E-state index in [4.69, 9.17) is 16.7 Å². The minimum atomic E-state index is -0.675. The fraction of sp³-hybridized carbons (Fsp3) is 0.208. The lowest BCUT2D eigenvalue weighted by Crippen LogP contribution is -2.62. The highest BCUT2D eigenvalue weighted by atomic mass is 35.5. The quantitative estimate of drug-likeness (QED) is 0.657. The summed E-state index contributed by atoms with van der Waals surface area (Å²) in [6.07, 6.45) is 4.01. The predicted octanol–water partition coefficient (Wildman–Crippen LogP) is 2.75. The van der Waals surface area contributed by atoms with Gasteiger partial charge in [0.2, 0.25) is 11.9 Å². The van der Waals surface area contributed by atoms with E-state index in [0.29, 0.717) is 29.9 Å². The van der Waals surface area contributed by atoms with E-state index in [1.165, 1.54) is 11.9 Å². The molecular formula is C24H22ClN6O2+. The van der Waals surface area contributed by atoms with Crippen LogP contribution in [0.4, 0.5) is 4.79 Å². The second kappa shape index (κ2) is 8.29. The summed E-state index contributed by atoms with van der Waals surface area (Å²) in [7, 11) is 3.13. The molecule has 0 radical (unpaired) electrons. The molecular weight excluding hydrogens is 440 g/mol. The number of guanidine groups is 1. The third kappa shape index (κ3) is 3.72. The van der Waals surface area contributed by atoms with Crippen LogP contribution in [0.1, 0.15) is 11.1 Å². The Morgan fingerprint density at radius 2 is 1.79 bits per heavy atom. The molecule has 3 aliphatic heterocycles. The van der Waals surface area contributed by atoms with Crippen molar-refractivity contribution in [1.82, 2.24) is 14.8 Å². The first-order valence-electron chi connectivity index (χ1n) is 10.5. The van der Waals surface area contributed by atoms with Gasteiger partial charge in [0.15, 0.2) is 0 Å². The Morgan fingerprint density at radius 1 is 1.06 bits per heavy atom. The van der Waals surface area contributed by atoms with Crippen molar-refractivity contribution in [2.75, 3.05) is 27.2 Å². The molecule has 1 atom stereocenters. The summed E-state index contributed by atoms with van der Waals surface area (Å²) in [5.41, 5.74) is 2.77. The summed E-state index contributed by atoms with van der Waals surface area (Å²) in [5, 5.41) is 7.25. The van der Waals surface area contributed by atoms with Crippen LogP contribution < -0.4 is 0 Å². The number of hydrogen-bond donors (Lipinski definition) is 0. The number of aliphatic imine (C=N–C) groups is 1. The van der Waals surface area contributed by atoms with E-state index < -0.39 is 12.1 Å². The van der Waals surface area contributed by atoms with Gasteiger partial charge in [-0.2, -0.15) is 0 Å². The summed E-state index contributed by atoms with van der Waals surface area (Å²) in [6.45, 7) is 0.831. The molecule has 0 bridgehead atoms. The zero-order valence-electron chi connectivity index (χ0n) is 18.2. The van der Waals surface area contributed by atoms with E-state index in [-0.39, 0.29) is 5.91 Å². The lowest BCUT2D eigenvalue weighted by Gasteiger charge is -2.32. The SMILES string of the molecule is CN1C(=O)C2C(=NC3=[N+]2CC(c2ccc(Cl)cc2)=NN3C/C=C/c2ccccc2)N(C)C1=O. The van der Waals surface area contributed by atoms with Gasteiger partial charge in [-0.05, 0) is 23.8 Å². The molecule has 0 aromatic heterocycles. The normalized spacial score (nSPS) is 20.3. The van der Waals surface area contributed by atoms with Crippen LogP contribution >= 0.6 is 11.6 Å². The monoisotopic (exact) mass is 461 g/mol. The number of hydrogen-bond acceptors (Lipinski definition) is 5. The second-order valence-electron chi connectivity index (χ2n) is 7.99. The number of amides is 3. The third-order valence-corrected chi connectivity index (χ3v) is 6.12. The molecule has 33 heavy (non-hydrogen) atoms. The van der Waals surface area contributed by atoms with Crippen molar-refractivity contribution in [3.8, 4) is 0 Å². The zero-order chi connectivity index (χ0) is 23.1. The van der Waals surface area contributed by atoms with Crippen LogP contribution in [0, 0.1) is 0 Å². The lowest BCUT2D eigenvalue weighted by atomic mass is 10.1. The second-order valence-corrected chi connectivity index (χ2v) is 8.42. The number of fused-ring (bicyclic) bond motifs is 2. The molecule has 1 saturated heterocycles. The number of benzene rings is 2. The molecule has 2 aromatic rings. The molecule has 3 amide bonds. The van der Waals surface area contributed by atoms with E-state index in [9.17, 15) is 9.59 Å². The van der Waals surface area contributed by atoms with Crippen LogP contribution in [0.15, 0.2) is 70.8 Å². The molecule has 0 aliphatic carbocycles. The van der Waals surface area contributed by atoms with Crippen molar-refractivity contribution in [1.29, 1.82) is 0 Å². The maximum atomic E-state index is 13.1. The largest absolute Gasteiger partial charge is 0.417 e. The van der Waals surface area contributed by atoms with Gasteiger partial charge in [-0.25, -0.2) is 9.37 Å². The standard InChI is InChI=1S/C24H22ClN6O2/c1-28-21-20(22(32)29(2)24(28)33)30-15-19(17-10-12-18(25)13-11-17)27-31(23(30)26-21)14-6-9-16-7-4-3-5-8-16/h3-13,20H,14-15H2,1-2H3/q+1/b9-6+. The van der Waals surface area contributed by atoms with Crippen LogP contribution in [-0.2, 0) is 4.79 Å². The summed E-state index contributed by atoms with van der Waals surface area (Å²) in [5.74, 6) is 0.667. The molecule has 1 unspecified atom stereocenters. The molecule has 3 aliphatic rings. The van der Waals surface area contributed by atoms with E-state index in [1.54, 1.807) is 12.1 Å². The van der Waals surface area contributed by atoms with E-state index in [0.717, 1.165) is 21.7 Å². The molecule has 0 spiro atoms. The van der Waals surface area contributed by atoms with Crippen LogP contribution in [0.3, 0.4) is 0 Å². The van der Waals surface area contributed by atoms with Gasteiger partial charge in [0.25, 0.3) is 5.91 Å². The molecule has 2 aromatic carbocycles. The van der Waals surface area contributed by atoms with Crippen LogP contribution in [-0.4, -0.2) is 82.1 Å². The number of amidine groups is 1. The Bertz CT molecular complexity index is 1250. The fourth-order valence-corrected chi connectivity index (χ4v) is 4.23. The molecule has 9 heteroatoms. The number of carbonyl (C=O) groups is 2. The number of halogens is 1. The highest BCUT2D eigenvalue weighted by molar-refractivity contribution is 6.30. The van der Waals surface area contributed by atoms with Crippen LogP contribution in [0.25, 0.3) is 6.08 Å². The number of rotatable bonds is 4. The average Bonchev–Trinajstić information content (AvgIpc) is 3.22. The van der Waals surface area contributed by atoms with Crippen molar-refractivity contribution in [2.45, 2.75) is 6.04 Å². The highest BCUT2D eigenvalue weighted by Crippen LogP contribution is 2.24. The molecule has 0 saturated carbocycles. The summed E-state index contributed by atoms with van der Waals surface area (Å²) in [6, 6.07) is 16.4. The molecule has 1 fully saturated rings. The van der Waals surface area contributed by atoms with Crippen molar-refractivity contribution in [3.63, 3.8) is 0 Å². The van der Waals surface area contributed by atoms with Crippen molar-refractivity contribution < 1.29 is 14.2 Å². The Hall–Kier alpha value is -3.78. The third-order valence-electron chi connectivity index (χ3n) is 5.87. The molecule has 3 heterocycles. The Balaban J connectivity index is 1.52. The number of imide groups is 1. The number of urea groups is 1. The van der Waals surface area contributed by atoms with Crippen molar-refractivity contribution >= 4 is 47.1 Å². The zero-order valence-corrected chi connectivity index (χ0v) is 19.0. The fourth-order valence-electron chi connectivity index (χ4n) is 4.10. The van der Waals surface area contributed by atoms with E-state index in [1.807, 2.05) is 71.3 Å². The van der Waals surface area contributed by atoms with Gasteiger partial charge in [0.1, 0.15) is 18.8 Å². The van der Waals surface area contributed by atoms with E-state index in [2.05, 4.69) is 4.99 Å². The Labute approximate surface area is 196 Å². The topological polar surface area (TPSA) is 71.6 Å². The molecule has 8 nitrogen and oxygen atoms in total. The summed E-state index contributed by atoms with van der Waals surface area (Å²) in [4.78, 5) is 32.8. The van der Waals surface area contributed by atoms with Gasteiger partial charge in [0, 0.05) is 24.7 Å². The maximum Gasteiger partial charge on any atom is 0.417 e. The predicted molar refractivity (Wildman–Crippen MR) is 127 cm³/mol. The van der Waals surface area contributed by atoms with Crippen LogP contribution in [0.5, 0.6) is 0 Å². The number of hydrazone groups is 1. The van der Waals surface area contributed by atoms with Crippen molar-refractivity contribution in [2.24, 2.45) is 10.1 Å². The van der Waals surface area contributed by atoms with Gasteiger partial charge >= 0.3 is 12.0 Å². The summed E-state index contributed by atoms with van der Waals surface area (Å²) >= 11 is 6.07. The highest BCUT2D eigenvalue weighted by Gasteiger charge is 2.53. The minimum absolute atomic E-state index is 0.302. The van der Waals surface area contributed by atoms with Gasteiger partial charge < -0.3 is 0 Å². The lowest BCUT2D eigenvalue weighted by molar-refractivity contribution is -0.527. The first kappa shape index (κ1) is 21.1. The maximum absolute atomic E-state index is 13.1. The van der Waals surface area contributed by atoms with Crippen molar-refractivity contribution in [3.05, 3.63) is 76.8 Å². The van der Waals surface area contributed by atoms with E-state index >= 15 is 0 Å². The first-order chi connectivity index (χ1) is 15.9. The number of carbonyl (C=O) groups excluding carboxylic acids is 2. The summed E-state index contributed by atoms with van der Waals surface area (Å²) < 4.78 is 1.91. The smallest absolute Gasteiger partial charge is 0.270 e. The Kier molecular flexibility index (Phi) is 5.30. The minimum Gasteiger partial charge on any atom is -0.270 e. The van der Waals surface area contributed by atoms with Gasteiger partial charge in [-0.3, -0.25) is 14.6 Å². The molecule has 0 N–H and O–H groups in total. The molecule has 5 rings (SSSR count). The molecule has 166 valence electrons. The van der Waals surface area contributed by atoms with Gasteiger partial charge in [-0.15, -0.1) is 10.1 Å². The first-order valence-corrected chi connectivity index (χ1v) is 10.9. The van der Waals surface area contributed by atoms with Gasteiger partial charge in [-0.1, -0.05) is 65.1 Å².